The van der Waals surface area contributed by atoms with Gasteiger partial charge in [0.1, 0.15) is 0 Å². The van der Waals surface area contributed by atoms with E-state index in [1.54, 1.807) is 23.2 Å². The van der Waals surface area contributed by atoms with E-state index in [2.05, 4.69) is 24.8 Å². The fourth-order valence-electron chi connectivity index (χ4n) is 2.73. The zero-order valence-electron chi connectivity index (χ0n) is 11.8. The van der Waals surface area contributed by atoms with Gasteiger partial charge in [0.15, 0.2) is 5.82 Å². The summed E-state index contributed by atoms with van der Waals surface area (Å²) in [7, 11) is 0. The van der Waals surface area contributed by atoms with Crippen molar-refractivity contribution in [2.75, 3.05) is 11.4 Å². The molecule has 0 saturated carbocycles. The van der Waals surface area contributed by atoms with Gasteiger partial charge in [-0.2, -0.15) is 0 Å². The molecule has 0 N–H and O–H groups in total. The van der Waals surface area contributed by atoms with Gasteiger partial charge in [0, 0.05) is 12.2 Å². The maximum absolute atomic E-state index is 12.6. The third-order valence-corrected chi connectivity index (χ3v) is 3.35. The second-order valence-electron chi connectivity index (χ2n) is 5.66. The van der Waals surface area contributed by atoms with Crippen LogP contribution in [0.1, 0.15) is 33.3 Å². The fraction of sp³-hybridized carbons (Fsp3) is 0.467. The van der Waals surface area contributed by atoms with Gasteiger partial charge in [0.25, 0.3) is 0 Å². The molecule has 19 heavy (non-hydrogen) atoms. The predicted octanol–water partition coefficient (Wildman–Crippen LogP) is 2.49. The van der Waals surface area contributed by atoms with Crippen LogP contribution >= 0.6 is 0 Å². The summed E-state index contributed by atoms with van der Waals surface area (Å²) in [6, 6.07) is 3.70. The Morgan fingerprint density at radius 1 is 1.47 bits per heavy atom. The van der Waals surface area contributed by atoms with Crippen molar-refractivity contribution in [3.63, 3.8) is 0 Å². The van der Waals surface area contributed by atoms with Gasteiger partial charge in [0.2, 0.25) is 0 Å². The summed E-state index contributed by atoms with van der Waals surface area (Å²) in [6.45, 7) is 8.75. The van der Waals surface area contributed by atoms with Crippen molar-refractivity contribution in [3.8, 4) is 12.3 Å². The quantitative estimate of drug-likeness (QED) is 0.763. The van der Waals surface area contributed by atoms with Crippen LogP contribution in [0.4, 0.5) is 10.6 Å². The van der Waals surface area contributed by atoms with E-state index >= 15 is 0 Å². The summed E-state index contributed by atoms with van der Waals surface area (Å²) in [5.74, 6) is 3.16. The Labute approximate surface area is 114 Å². The lowest BCUT2D eigenvalue weighted by Crippen LogP contribution is -2.46. The zero-order valence-corrected chi connectivity index (χ0v) is 11.8. The van der Waals surface area contributed by atoms with E-state index in [0.29, 0.717) is 17.9 Å². The lowest BCUT2D eigenvalue weighted by atomic mass is 10.0. The van der Waals surface area contributed by atoms with Crippen LogP contribution in [0, 0.1) is 12.3 Å². The second-order valence-corrected chi connectivity index (χ2v) is 5.66. The van der Waals surface area contributed by atoms with E-state index in [4.69, 9.17) is 6.42 Å². The number of terminal acetylenes is 1. The van der Waals surface area contributed by atoms with E-state index in [1.807, 2.05) is 18.7 Å². The first-order valence-corrected chi connectivity index (χ1v) is 6.41. The molecule has 4 nitrogen and oxygen atoms in total. The Balaban J connectivity index is 2.44. The summed E-state index contributed by atoms with van der Waals surface area (Å²) in [5, 5.41) is 0. The first-order valence-electron chi connectivity index (χ1n) is 6.41. The molecule has 0 radical (unpaired) electrons. The Bertz CT molecular complexity index is 543. The number of rotatable bonds is 2. The standard InChI is InChI=1S/C15H19N3O/c1-6-12-8-7-9-16-13(12)17-10-15(4,5)18(11(2)3)14(17)19/h1,7-9,11H,10H2,2-5H3. The smallest absolute Gasteiger partial charge is 0.315 e. The summed E-state index contributed by atoms with van der Waals surface area (Å²) < 4.78 is 0. The number of amides is 2. The predicted molar refractivity (Wildman–Crippen MR) is 76.0 cm³/mol. The van der Waals surface area contributed by atoms with Crippen LogP contribution in [0.3, 0.4) is 0 Å². The van der Waals surface area contributed by atoms with Crippen LogP contribution in [-0.2, 0) is 0 Å². The Morgan fingerprint density at radius 3 is 2.68 bits per heavy atom. The molecule has 1 saturated heterocycles. The molecule has 100 valence electrons. The molecular weight excluding hydrogens is 238 g/mol. The molecule has 0 bridgehead atoms. The number of hydrogen-bond donors (Lipinski definition) is 0. The topological polar surface area (TPSA) is 36.4 Å². The molecule has 2 rings (SSSR count). The number of anilines is 1. The maximum Gasteiger partial charge on any atom is 0.326 e. The third-order valence-electron chi connectivity index (χ3n) is 3.35. The van der Waals surface area contributed by atoms with Gasteiger partial charge in [-0.05, 0) is 39.8 Å². The summed E-state index contributed by atoms with van der Waals surface area (Å²) >= 11 is 0. The SMILES string of the molecule is C#Cc1cccnc1N1CC(C)(C)N(C(C)C)C1=O. The molecule has 2 amide bonds. The zero-order chi connectivity index (χ0) is 14.2. The number of nitrogens with zero attached hydrogens (tertiary/aromatic N) is 3. The van der Waals surface area contributed by atoms with Gasteiger partial charge in [-0.25, -0.2) is 9.78 Å². The highest BCUT2D eigenvalue weighted by Crippen LogP contribution is 2.32. The van der Waals surface area contributed by atoms with Crippen molar-refractivity contribution in [3.05, 3.63) is 23.9 Å². The number of carbonyl (C=O) groups excluding carboxylic acids is 1. The van der Waals surface area contributed by atoms with Crippen molar-refractivity contribution in [1.29, 1.82) is 0 Å². The van der Waals surface area contributed by atoms with Gasteiger partial charge in [-0.15, -0.1) is 6.42 Å². The van der Waals surface area contributed by atoms with Crippen LogP contribution in [0.15, 0.2) is 18.3 Å². The highest BCUT2D eigenvalue weighted by atomic mass is 16.2. The molecule has 0 aliphatic carbocycles. The lowest BCUT2D eigenvalue weighted by molar-refractivity contribution is 0.152. The van der Waals surface area contributed by atoms with Crippen LogP contribution in [0.5, 0.6) is 0 Å². The highest BCUT2D eigenvalue weighted by Gasteiger charge is 2.45. The first-order chi connectivity index (χ1) is 8.88. The van der Waals surface area contributed by atoms with Gasteiger partial charge >= 0.3 is 6.03 Å². The fourth-order valence-corrected chi connectivity index (χ4v) is 2.73. The molecular formula is C15H19N3O. The van der Waals surface area contributed by atoms with Crippen LogP contribution in [0.2, 0.25) is 0 Å². The van der Waals surface area contributed by atoms with Crippen molar-refractivity contribution in [1.82, 2.24) is 9.88 Å². The monoisotopic (exact) mass is 257 g/mol. The minimum absolute atomic E-state index is 0.0322. The number of carbonyl (C=O) groups is 1. The first kappa shape index (κ1) is 13.4. The molecule has 1 aromatic heterocycles. The largest absolute Gasteiger partial charge is 0.326 e. The van der Waals surface area contributed by atoms with Crippen molar-refractivity contribution in [2.45, 2.75) is 39.3 Å². The summed E-state index contributed by atoms with van der Waals surface area (Å²) in [5.41, 5.74) is 0.423. The van der Waals surface area contributed by atoms with Crippen LogP contribution in [0.25, 0.3) is 0 Å². The van der Waals surface area contributed by atoms with Gasteiger partial charge < -0.3 is 4.90 Å². The molecule has 1 fully saturated rings. The van der Waals surface area contributed by atoms with E-state index in [9.17, 15) is 4.79 Å². The average Bonchev–Trinajstić information content (AvgIpc) is 2.59. The molecule has 1 aliphatic rings. The van der Waals surface area contributed by atoms with E-state index in [0.717, 1.165) is 0 Å². The number of hydrogen-bond acceptors (Lipinski definition) is 2. The number of urea groups is 1. The minimum atomic E-state index is -0.228. The second kappa shape index (κ2) is 4.58. The average molecular weight is 257 g/mol. The molecule has 0 atom stereocenters. The molecule has 2 heterocycles. The van der Waals surface area contributed by atoms with Gasteiger partial charge in [-0.1, -0.05) is 5.92 Å². The Kier molecular flexibility index (Phi) is 3.23. The molecule has 1 aromatic rings. The molecule has 0 aromatic carbocycles. The Hall–Kier alpha value is -2.02. The Morgan fingerprint density at radius 2 is 2.16 bits per heavy atom. The van der Waals surface area contributed by atoms with Gasteiger partial charge in [0.05, 0.1) is 17.6 Å². The van der Waals surface area contributed by atoms with E-state index < -0.39 is 0 Å². The molecule has 4 heteroatoms. The summed E-state index contributed by atoms with van der Waals surface area (Å²) in [6.07, 6.45) is 7.15. The van der Waals surface area contributed by atoms with Crippen molar-refractivity contribution >= 4 is 11.8 Å². The van der Waals surface area contributed by atoms with Crippen molar-refractivity contribution in [2.24, 2.45) is 0 Å². The minimum Gasteiger partial charge on any atom is -0.315 e. The van der Waals surface area contributed by atoms with Crippen molar-refractivity contribution < 1.29 is 4.79 Å². The number of aromatic nitrogens is 1. The van der Waals surface area contributed by atoms with Crippen LogP contribution in [-0.4, -0.2) is 34.0 Å². The van der Waals surface area contributed by atoms with E-state index in [1.165, 1.54) is 0 Å². The molecule has 1 aliphatic heterocycles. The van der Waals surface area contributed by atoms with E-state index in [-0.39, 0.29) is 17.6 Å². The maximum atomic E-state index is 12.6. The van der Waals surface area contributed by atoms with Crippen LogP contribution < -0.4 is 4.90 Å². The number of pyridine rings is 1. The highest BCUT2D eigenvalue weighted by molar-refractivity contribution is 5.95. The lowest BCUT2D eigenvalue weighted by Gasteiger charge is -2.32. The summed E-state index contributed by atoms with van der Waals surface area (Å²) in [4.78, 5) is 20.4. The molecule has 0 spiro atoms. The molecule has 0 unspecified atom stereocenters. The third kappa shape index (κ3) is 2.17. The van der Waals surface area contributed by atoms with Gasteiger partial charge in [-0.3, -0.25) is 4.90 Å². The normalized spacial score (nSPS) is 18.0.